The first-order valence-electron chi connectivity index (χ1n) is 6.24. The molecular formula is C12H20N2O3S. The summed E-state index contributed by atoms with van der Waals surface area (Å²) in [4.78, 5) is 0. The van der Waals surface area contributed by atoms with Crippen molar-refractivity contribution in [2.24, 2.45) is 5.41 Å². The fourth-order valence-corrected chi connectivity index (χ4v) is 2.72. The van der Waals surface area contributed by atoms with Gasteiger partial charge in [-0.15, -0.1) is 0 Å². The van der Waals surface area contributed by atoms with Crippen LogP contribution in [0.15, 0.2) is 21.6 Å². The Morgan fingerprint density at radius 2 is 2.11 bits per heavy atom. The Hall–Kier alpha value is -0.850. The SMILES string of the molecule is CCNCc1ccc(S(=O)(=O)NCC2(C)CC2)o1. The molecule has 1 aliphatic carbocycles. The Kier molecular flexibility index (Phi) is 3.79. The van der Waals surface area contributed by atoms with E-state index < -0.39 is 10.0 Å². The molecule has 0 amide bonds. The molecule has 0 aliphatic heterocycles. The highest BCUT2D eigenvalue weighted by Gasteiger charge is 2.38. The van der Waals surface area contributed by atoms with Crippen LogP contribution in [0.1, 0.15) is 32.4 Å². The van der Waals surface area contributed by atoms with Gasteiger partial charge in [0, 0.05) is 6.54 Å². The smallest absolute Gasteiger partial charge is 0.273 e. The van der Waals surface area contributed by atoms with Crippen LogP contribution in [0.5, 0.6) is 0 Å². The van der Waals surface area contributed by atoms with Crippen LogP contribution in [0.3, 0.4) is 0 Å². The van der Waals surface area contributed by atoms with E-state index in [-0.39, 0.29) is 10.5 Å². The first-order chi connectivity index (χ1) is 8.45. The van der Waals surface area contributed by atoms with E-state index in [2.05, 4.69) is 17.0 Å². The van der Waals surface area contributed by atoms with Gasteiger partial charge in [0.1, 0.15) is 5.76 Å². The summed E-state index contributed by atoms with van der Waals surface area (Å²) in [6, 6.07) is 3.19. The van der Waals surface area contributed by atoms with Crippen molar-refractivity contribution in [1.29, 1.82) is 0 Å². The van der Waals surface area contributed by atoms with Crippen molar-refractivity contribution in [3.63, 3.8) is 0 Å². The van der Waals surface area contributed by atoms with E-state index in [1.165, 1.54) is 6.07 Å². The molecule has 0 radical (unpaired) electrons. The molecule has 0 aromatic carbocycles. The normalized spacial score (nSPS) is 17.9. The molecule has 5 nitrogen and oxygen atoms in total. The molecule has 1 fully saturated rings. The lowest BCUT2D eigenvalue weighted by Gasteiger charge is -2.08. The van der Waals surface area contributed by atoms with Crippen LogP contribution >= 0.6 is 0 Å². The third-order valence-electron chi connectivity index (χ3n) is 3.24. The van der Waals surface area contributed by atoms with Crippen molar-refractivity contribution in [3.8, 4) is 0 Å². The van der Waals surface area contributed by atoms with Gasteiger partial charge in [-0.3, -0.25) is 0 Å². The third kappa shape index (κ3) is 3.34. The van der Waals surface area contributed by atoms with Gasteiger partial charge in [-0.25, -0.2) is 13.1 Å². The van der Waals surface area contributed by atoms with Gasteiger partial charge in [0.05, 0.1) is 6.54 Å². The van der Waals surface area contributed by atoms with Crippen LogP contribution < -0.4 is 10.0 Å². The Morgan fingerprint density at radius 1 is 1.39 bits per heavy atom. The van der Waals surface area contributed by atoms with E-state index in [0.717, 1.165) is 19.4 Å². The second-order valence-electron chi connectivity index (χ2n) is 5.14. The van der Waals surface area contributed by atoms with Crippen molar-refractivity contribution in [3.05, 3.63) is 17.9 Å². The molecule has 0 saturated heterocycles. The van der Waals surface area contributed by atoms with Crippen LogP contribution in [0, 0.1) is 5.41 Å². The topological polar surface area (TPSA) is 71.3 Å². The molecule has 1 aromatic heterocycles. The average Bonchev–Trinajstić information content (AvgIpc) is 2.89. The zero-order chi connectivity index (χ0) is 13.2. The highest BCUT2D eigenvalue weighted by atomic mass is 32.2. The molecule has 1 heterocycles. The standard InChI is InChI=1S/C12H20N2O3S/c1-3-13-8-10-4-5-11(17-10)18(15,16)14-9-12(2)6-7-12/h4-5,13-14H,3,6-9H2,1-2H3. The number of furan rings is 1. The van der Waals surface area contributed by atoms with Crippen molar-refractivity contribution in [2.75, 3.05) is 13.1 Å². The quantitative estimate of drug-likeness (QED) is 0.788. The summed E-state index contributed by atoms with van der Waals surface area (Å²) in [5.74, 6) is 0.634. The molecule has 102 valence electrons. The Bertz CT molecular complexity index is 503. The van der Waals surface area contributed by atoms with Gasteiger partial charge < -0.3 is 9.73 Å². The summed E-state index contributed by atoms with van der Waals surface area (Å²) in [5, 5.41) is 3.09. The van der Waals surface area contributed by atoms with E-state index in [4.69, 9.17) is 4.42 Å². The molecule has 1 saturated carbocycles. The zero-order valence-electron chi connectivity index (χ0n) is 10.8. The fourth-order valence-electron chi connectivity index (χ4n) is 1.58. The van der Waals surface area contributed by atoms with Gasteiger partial charge in [-0.1, -0.05) is 13.8 Å². The summed E-state index contributed by atoms with van der Waals surface area (Å²) in [5.41, 5.74) is 0.145. The average molecular weight is 272 g/mol. The first kappa shape index (κ1) is 13.6. The van der Waals surface area contributed by atoms with E-state index in [1.807, 2.05) is 6.92 Å². The number of rotatable bonds is 7. The van der Waals surface area contributed by atoms with Crippen molar-refractivity contribution in [2.45, 2.75) is 38.3 Å². The molecule has 1 aliphatic rings. The molecule has 0 unspecified atom stereocenters. The molecule has 0 bridgehead atoms. The van der Waals surface area contributed by atoms with Gasteiger partial charge in [0.2, 0.25) is 5.09 Å². The molecule has 18 heavy (non-hydrogen) atoms. The molecular weight excluding hydrogens is 252 g/mol. The Balaban J connectivity index is 1.97. The number of hydrogen-bond acceptors (Lipinski definition) is 4. The van der Waals surface area contributed by atoms with Gasteiger partial charge in [-0.05, 0) is 36.9 Å². The molecule has 2 rings (SSSR count). The second kappa shape index (κ2) is 5.03. The maximum Gasteiger partial charge on any atom is 0.273 e. The van der Waals surface area contributed by atoms with E-state index in [1.54, 1.807) is 6.07 Å². The largest absolute Gasteiger partial charge is 0.447 e. The minimum atomic E-state index is -3.50. The predicted octanol–water partition coefficient (Wildman–Crippen LogP) is 1.47. The third-order valence-corrected chi connectivity index (χ3v) is 4.52. The highest BCUT2D eigenvalue weighted by Crippen LogP contribution is 2.44. The summed E-state index contributed by atoms with van der Waals surface area (Å²) >= 11 is 0. The number of hydrogen-bond donors (Lipinski definition) is 2. The Morgan fingerprint density at radius 3 is 2.72 bits per heavy atom. The van der Waals surface area contributed by atoms with E-state index in [0.29, 0.717) is 18.8 Å². The maximum absolute atomic E-state index is 12.0. The second-order valence-corrected chi connectivity index (χ2v) is 6.83. The van der Waals surface area contributed by atoms with Gasteiger partial charge in [0.15, 0.2) is 0 Å². The van der Waals surface area contributed by atoms with Crippen molar-refractivity contribution >= 4 is 10.0 Å². The monoisotopic (exact) mass is 272 g/mol. The lowest BCUT2D eigenvalue weighted by molar-refractivity contribution is 0.399. The van der Waals surface area contributed by atoms with Gasteiger partial charge in [0.25, 0.3) is 10.0 Å². The number of sulfonamides is 1. The van der Waals surface area contributed by atoms with Crippen LogP contribution in [0.2, 0.25) is 0 Å². The first-order valence-corrected chi connectivity index (χ1v) is 7.73. The summed E-state index contributed by atoms with van der Waals surface area (Å²) in [7, 11) is -3.50. The lowest BCUT2D eigenvalue weighted by Crippen LogP contribution is -2.28. The highest BCUT2D eigenvalue weighted by molar-refractivity contribution is 7.89. The fraction of sp³-hybridized carbons (Fsp3) is 0.667. The molecule has 6 heteroatoms. The molecule has 1 aromatic rings. The molecule has 2 N–H and O–H groups in total. The summed E-state index contributed by atoms with van der Waals surface area (Å²) < 4.78 is 31.9. The van der Waals surface area contributed by atoms with Crippen LogP contribution in [-0.4, -0.2) is 21.5 Å². The van der Waals surface area contributed by atoms with E-state index >= 15 is 0 Å². The predicted molar refractivity (Wildman–Crippen MR) is 68.6 cm³/mol. The van der Waals surface area contributed by atoms with Crippen LogP contribution in [-0.2, 0) is 16.6 Å². The Labute approximate surface area is 108 Å². The number of nitrogens with one attached hydrogen (secondary N) is 2. The zero-order valence-corrected chi connectivity index (χ0v) is 11.6. The van der Waals surface area contributed by atoms with Crippen molar-refractivity contribution < 1.29 is 12.8 Å². The lowest BCUT2D eigenvalue weighted by atomic mass is 10.2. The minimum absolute atomic E-state index is 0.000321. The van der Waals surface area contributed by atoms with E-state index in [9.17, 15) is 8.42 Å². The van der Waals surface area contributed by atoms with Crippen LogP contribution in [0.4, 0.5) is 0 Å². The minimum Gasteiger partial charge on any atom is -0.447 e. The molecule has 0 atom stereocenters. The maximum atomic E-state index is 12.0. The van der Waals surface area contributed by atoms with Gasteiger partial charge in [-0.2, -0.15) is 0 Å². The summed E-state index contributed by atoms with van der Waals surface area (Å²) in [6.07, 6.45) is 2.17. The van der Waals surface area contributed by atoms with Gasteiger partial charge >= 0.3 is 0 Å². The summed E-state index contributed by atoms with van der Waals surface area (Å²) in [6.45, 7) is 5.91. The molecule has 0 spiro atoms. The van der Waals surface area contributed by atoms with Crippen LogP contribution in [0.25, 0.3) is 0 Å². The van der Waals surface area contributed by atoms with Crippen molar-refractivity contribution in [1.82, 2.24) is 10.0 Å².